The molecule has 3 rings (SSSR count). The van der Waals surface area contributed by atoms with Gasteiger partial charge >= 0.3 is 0 Å². The number of aromatic nitrogens is 3. The molecule has 0 bridgehead atoms. The lowest BCUT2D eigenvalue weighted by atomic mass is 10.1. The van der Waals surface area contributed by atoms with Gasteiger partial charge in [-0.05, 0) is 42.8 Å². The summed E-state index contributed by atoms with van der Waals surface area (Å²) in [5, 5.41) is 3.91. The molecule has 5 heteroatoms. The largest absolute Gasteiger partial charge is 0.279 e. The van der Waals surface area contributed by atoms with Gasteiger partial charge in [0, 0.05) is 12.1 Å². The second-order valence-electron chi connectivity index (χ2n) is 5.08. The molecule has 0 saturated heterocycles. The van der Waals surface area contributed by atoms with E-state index in [-0.39, 0.29) is 0 Å². The lowest BCUT2D eigenvalue weighted by Gasteiger charge is -2.03. The average Bonchev–Trinajstić information content (AvgIpc) is 2.90. The molecule has 2 aromatic carbocycles. The van der Waals surface area contributed by atoms with E-state index in [1.165, 1.54) is 5.56 Å². The number of benzene rings is 2. The lowest BCUT2D eigenvalue weighted by molar-refractivity contribution is 0.572. The van der Waals surface area contributed by atoms with Crippen molar-refractivity contribution in [1.29, 1.82) is 0 Å². The predicted octanol–water partition coefficient (Wildman–Crippen LogP) is 4.89. The van der Waals surface area contributed by atoms with Crippen molar-refractivity contribution < 1.29 is 0 Å². The van der Waals surface area contributed by atoms with Gasteiger partial charge in [0.25, 0.3) is 0 Å². The minimum absolute atomic E-state index is 0.558. The van der Waals surface area contributed by atoms with Crippen LogP contribution in [-0.4, -0.2) is 14.8 Å². The van der Waals surface area contributed by atoms with Crippen LogP contribution in [0.3, 0.4) is 0 Å². The van der Waals surface area contributed by atoms with E-state index in [4.69, 9.17) is 23.8 Å². The molecule has 0 spiro atoms. The van der Waals surface area contributed by atoms with Crippen molar-refractivity contribution in [3.05, 3.63) is 70.0 Å². The van der Waals surface area contributed by atoms with Crippen LogP contribution in [0.25, 0.3) is 11.4 Å². The highest BCUT2D eigenvalue weighted by Gasteiger charge is 2.08. The van der Waals surface area contributed by atoms with Gasteiger partial charge in [-0.15, -0.1) is 0 Å². The minimum Gasteiger partial charge on any atom is -0.279 e. The fourth-order valence-corrected chi connectivity index (χ4v) is 2.82. The van der Waals surface area contributed by atoms with Gasteiger partial charge in [-0.3, -0.25) is 9.78 Å². The molecule has 0 amide bonds. The number of nitrogens with one attached hydrogen (secondary N) is 1. The molecule has 0 aliphatic carbocycles. The summed E-state index contributed by atoms with van der Waals surface area (Å²) in [6.45, 7) is 0.811. The fourth-order valence-electron chi connectivity index (χ4n) is 2.37. The van der Waals surface area contributed by atoms with E-state index in [1.807, 2.05) is 35.0 Å². The van der Waals surface area contributed by atoms with Crippen molar-refractivity contribution in [2.45, 2.75) is 19.4 Å². The van der Waals surface area contributed by atoms with E-state index in [0.29, 0.717) is 9.79 Å². The molecule has 0 saturated carbocycles. The molecular weight excluding hydrogens is 314 g/mol. The summed E-state index contributed by atoms with van der Waals surface area (Å²) in [5.41, 5.74) is 2.21. The summed E-state index contributed by atoms with van der Waals surface area (Å²) in [6, 6.07) is 18.1. The number of rotatable bonds is 5. The van der Waals surface area contributed by atoms with Crippen LogP contribution in [0.4, 0.5) is 0 Å². The molecule has 1 N–H and O–H groups in total. The van der Waals surface area contributed by atoms with E-state index in [0.717, 1.165) is 30.8 Å². The third kappa shape index (κ3) is 3.46. The molecule has 0 aliphatic heterocycles. The van der Waals surface area contributed by atoms with E-state index < -0.39 is 0 Å². The highest BCUT2D eigenvalue weighted by molar-refractivity contribution is 7.71. The van der Waals surface area contributed by atoms with Crippen molar-refractivity contribution >= 4 is 23.8 Å². The van der Waals surface area contributed by atoms with Crippen LogP contribution < -0.4 is 0 Å². The van der Waals surface area contributed by atoms with E-state index in [2.05, 4.69) is 34.3 Å². The Bertz CT molecular complexity index is 808. The maximum atomic E-state index is 6.20. The highest BCUT2D eigenvalue weighted by Crippen LogP contribution is 2.24. The van der Waals surface area contributed by atoms with E-state index in [1.54, 1.807) is 0 Å². The molecule has 0 atom stereocenters. The second kappa shape index (κ2) is 6.90. The Morgan fingerprint density at radius 3 is 2.55 bits per heavy atom. The first-order valence-corrected chi connectivity index (χ1v) is 7.98. The quantitative estimate of drug-likeness (QED) is 0.676. The first-order chi connectivity index (χ1) is 10.7. The molecule has 1 aromatic heterocycles. The summed E-state index contributed by atoms with van der Waals surface area (Å²) >= 11 is 11.5. The summed E-state index contributed by atoms with van der Waals surface area (Å²) in [5.74, 6) is 0.718. The Kier molecular flexibility index (Phi) is 4.71. The van der Waals surface area contributed by atoms with Crippen LogP contribution in [0.1, 0.15) is 12.0 Å². The minimum atomic E-state index is 0.558. The van der Waals surface area contributed by atoms with Crippen LogP contribution in [-0.2, 0) is 13.0 Å². The van der Waals surface area contributed by atoms with Crippen molar-refractivity contribution in [2.75, 3.05) is 0 Å². The number of hydrogen-bond acceptors (Lipinski definition) is 2. The Morgan fingerprint density at radius 2 is 1.77 bits per heavy atom. The summed E-state index contributed by atoms with van der Waals surface area (Å²) in [7, 11) is 0. The van der Waals surface area contributed by atoms with Crippen LogP contribution >= 0.6 is 23.8 Å². The zero-order valence-corrected chi connectivity index (χ0v) is 13.6. The number of hydrogen-bond donors (Lipinski definition) is 1. The predicted molar refractivity (Wildman–Crippen MR) is 92.6 cm³/mol. The molecule has 22 heavy (non-hydrogen) atoms. The molecule has 3 aromatic rings. The Labute approximate surface area is 139 Å². The molecule has 3 nitrogen and oxygen atoms in total. The Morgan fingerprint density at radius 1 is 1.05 bits per heavy atom. The fraction of sp³-hybridized carbons (Fsp3) is 0.176. The summed E-state index contributed by atoms with van der Waals surface area (Å²) < 4.78 is 2.46. The normalized spacial score (nSPS) is 10.8. The lowest BCUT2D eigenvalue weighted by Crippen LogP contribution is -2.02. The maximum Gasteiger partial charge on any atom is 0.216 e. The van der Waals surface area contributed by atoms with Crippen molar-refractivity contribution in [3.63, 3.8) is 0 Å². The number of aromatic amines is 1. The average molecular weight is 330 g/mol. The van der Waals surface area contributed by atoms with Gasteiger partial charge < -0.3 is 0 Å². The van der Waals surface area contributed by atoms with Crippen molar-refractivity contribution in [1.82, 2.24) is 14.8 Å². The van der Waals surface area contributed by atoms with Gasteiger partial charge in [0.05, 0.1) is 5.02 Å². The molecule has 1 heterocycles. The SMILES string of the molecule is S=c1nc(-c2ccccc2Cl)[nH]n1CCCc1ccccc1. The van der Waals surface area contributed by atoms with Crippen LogP contribution in [0.5, 0.6) is 0 Å². The highest BCUT2D eigenvalue weighted by atomic mass is 35.5. The molecule has 0 radical (unpaired) electrons. The summed E-state index contributed by atoms with van der Waals surface area (Å²) in [6.07, 6.45) is 2.02. The number of halogens is 1. The van der Waals surface area contributed by atoms with Crippen molar-refractivity contribution in [2.24, 2.45) is 0 Å². The Hall–Kier alpha value is -1.91. The molecule has 112 valence electrons. The van der Waals surface area contributed by atoms with Gasteiger partial charge in [-0.1, -0.05) is 54.1 Å². The van der Waals surface area contributed by atoms with E-state index >= 15 is 0 Å². The van der Waals surface area contributed by atoms with Gasteiger partial charge in [-0.25, -0.2) is 0 Å². The van der Waals surface area contributed by atoms with Gasteiger partial charge in [0.15, 0.2) is 5.82 Å². The zero-order valence-electron chi connectivity index (χ0n) is 12.0. The van der Waals surface area contributed by atoms with Crippen LogP contribution in [0, 0.1) is 4.77 Å². The molecular formula is C17H16ClN3S. The smallest absolute Gasteiger partial charge is 0.216 e. The van der Waals surface area contributed by atoms with Gasteiger partial charge in [0.1, 0.15) is 0 Å². The molecule has 0 aliphatic rings. The molecule has 0 fully saturated rings. The van der Waals surface area contributed by atoms with Crippen LogP contribution in [0.15, 0.2) is 54.6 Å². The van der Waals surface area contributed by atoms with Gasteiger partial charge in [-0.2, -0.15) is 4.98 Å². The first-order valence-electron chi connectivity index (χ1n) is 7.20. The van der Waals surface area contributed by atoms with Crippen molar-refractivity contribution in [3.8, 4) is 11.4 Å². The molecule has 0 unspecified atom stereocenters. The maximum absolute atomic E-state index is 6.20. The number of H-pyrrole nitrogens is 1. The van der Waals surface area contributed by atoms with Crippen LogP contribution in [0.2, 0.25) is 5.02 Å². The third-order valence-corrected chi connectivity index (χ3v) is 4.14. The third-order valence-electron chi connectivity index (χ3n) is 3.50. The summed E-state index contributed by atoms with van der Waals surface area (Å²) in [4.78, 5) is 4.41. The number of aryl methyl sites for hydroxylation is 2. The Balaban J connectivity index is 1.71. The second-order valence-corrected chi connectivity index (χ2v) is 5.85. The first kappa shape index (κ1) is 15.0. The monoisotopic (exact) mass is 329 g/mol. The number of nitrogens with zero attached hydrogens (tertiary/aromatic N) is 2. The van der Waals surface area contributed by atoms with Gasteiger partial charge in [0.2, 0.25) is 4.77 Å². The van der Waals surface area contributed by atoms with E-state index in [9.17, 15) is 0 Å². The standard InChI is InChI=1S/C17H16ClN3S/c18-15-11-5-4-10-14(15)16-19-17(22)21(20-16)12-6-9-13-7-2-1-3-8-13/h1-5,7-8,10-11H,6,9,12H2,(H,19,20,22). The zero-order chi connectivity index (χ0) is 15.4. The topological polar surface area (TPSA) is 33.6 Å².